The average Bonchev–Trinajstić information content (AvgIpc) is 2.79. The first-order valence-electron chi connectivity index (χ1n) is 10.4. The fourth-order valence-corrected chi connectivity index (χ4v) is 3.88. The summed E-state index contributed by atoms with van der Waals surface area (Å²) in [5.41, 5.74) is 1.56. The molecule has 8 heteroatoms. The zero-order chi connectivity index (χ0) is 23.1. The summed E-state index contributed by atoms with van der Waals surface area (Å²) in [4.78, 5) is 37.5. The summed E-state index contributed by atoms with van der Waals surface area (Å²) >= 11 is 1.53. The Labute approximate surface area is 190 Å². The third kappa shape index (κ3) is 5.50. The van der Waals surface area contributed by atoms with Gasteiger partial charge >= 0.3 is 0 Å². The summed E-state index contributed by atoms with van der Waals surface area (Å²) in [6.45, 7) is 6.64. The van der Waals surface area contributed by atoms with E-state index in [0.29, 0.717) is 30.4 Å². The number of Topliss-reactive ketones (excluding diaryl/α,β-unsaturated/α-hetero) is 1. The van der Waals surface area contributed by atoms with Crippen molar-refractivity contribution < 1.29 is 23.9 Å². The van der Waals surface area contributed by atoms with Gasteiger partial charge in [-0.3, -0.25) is 14.4 Å². The molecule has 1 aliphatic carbocycles. The van der Waals surface area contributed by atoms with Gasteiger partial charge in [0.05, 0.1) is 18.1 Å². The third-order valence-corrected chi connectivity index (χ3v) is 5.67. The highest BCUT2D eigenvalue weighted by Crippen LogP contribution is 2.43. The number of rotatable bonds is 9. The first-order valence-corrected chi connectivity index (χ1v) is 11.2. The van der Waals surface area contributed by atoms with E-state index in [1.165, 1.54) is 17.3 Å². The molecule has 0 amide bonds. The van der Waals surface area contributed by atoms with Crippen LogP contribution in [-0.4, -0.2) is 36.6 Å². The van der Waals surface area contributed by atoms with E-state index in [-0.39, 0.29) is 0 Å². The van der Waals surface area contributed by atoms with Gasteiger partial charge in [0, 0.05) is 17.0 Å². The Morgan fingerprint density at radius 1 is 0.906 bits per heavy atom. The van der Waals surface area contributed by atoms with Crippen molar-refractivity contribution in [1.29, 1.82) is 0 Å². The molecule has 7 nitrogen and oxygen atoms in total. The summed E-state index contributed by atoms with van der Waals surface area (Å²) in [7, 11) is 0. The molecule has 0 saturated carbocycles. The number of benzene rings is 2. The van der Waals surface area contributed by atoms with Crippen LogP contribution in [0.15, 0.2) is 68.6 Å². The molecule has 0 bridgehead atoms. The summed E-state index contributed by atoms with van der Waals surface area (Å²) in [6, 6.07) is 10.3. The van der Waals surface area contributed by atoms with Crippen molar-refractivity contribution in [3.63, 3.8) is 0 Å². The molecular weight excluding hydrogens is 428 g/mol. The number of carbonyl (C=O) groups excluding carboxylic acids is 3. The van der Waals surface area contributed by atoms with Crippen molar-refractivity contribution in [2.24, 2.45) is 10.2 Å². The fourth-order valence-electron chi connectivity index (χ4n) is 2.97. The van der Waals surface area contributed by atoms with E-state index in [1.807, 2.05) is 13.8 Å². The van der Waals surface area contributed by atoms with Crippen molar-refractivity contribution in [3.05, 3.63) is 54.1 Å². The molecule has 0 N–H and O–H groups in total. The lowest BCUT2D eigenvalue weighted by Crippen LogP contribution is -2.35. The van der Waals surface area contributed by atoms with Gasteiger partial charge in [0.25, 0.3) is 0 Å². The van der Waals surface area contributed by atoms with E-state index in [1.54, 1.807) is 12.1 Å². The standard InChI is InChI=1S/C24H24N2O5S/c1-4-15-7-9-16(10-8-15)32-22-14-20(30-5-2)17(13-21(22)31-6-3)25-26-23-18(27)11-12-19(28)24(23)29/h7-14,23H,4-6H2,1-3H3. The van der Waals surface area contributed by atoms with Crippen molar-refractivity contribution in [1.82, 2.24) is 0 Å². The Bertz CT molecular complexity index is 1080. The van der Waals surface area contributed by atoms with Gasteiger partial charge in [-0.2, -0.15) is 10.2 Å². The molecule has 0 radical (unpaired) electrons. The van der Waals surface area contributed by atoms with Gasteiger partial charge in [-0.05, 0) is 50.1 Å². The summed E-state index contributed by atoms with van der Waals surface area (Å²) in [6.07, 6.45) is 2.97. The summed E-state index contributed by atoms with van der Waals surface area (Å²) < 4.78 is 11.5. The van der Waals surface area contributed by atoms with Crippen LogP contribution in [0.3, 0.4) is 0 Å². The lowest BCUT2D eigenvalue weighted by Gasteiger charge is -2.15. The third-order valence-electron chi connectivity index (χ3n) is 4.63. The number of hydrogen-bond donors (Lipinski definition) is 0. The Kier molecular flexibility index (Phi) is 7.94. The van der Waals surface area contributed by atoms with E-state index in [2.05, 4.69) is 41.4 Å². The van der Waals surface area contributed by atoms with Crippen LogP contribution < -0.4 is 9.47 Å². The molecule has 3 rings (SSSR count). The van der Waals surface area contributed by atoms with Crippen molar-refractivity contribution in [2.75, 3.05) is 13.2 Å². The molecule has 2 aromatic carbocycles. The van der Waals surface area contributed by atoms with Crippen LogP contribution in [0.4, 0.5) is 5.69 Å². The molecule has 0 fully saturated rings. The second-order valence-corrected chi connectivity index (χ2v) is 7.93. The smallest absolute Gasteiger partial charge is 0.236 e. The Hall–Kier alpha value is -3.26. The Morgan fingerprint density at radius 2 is 1.59 bits per heavy atom. The van der Waals surface area contributed by atoms with Crippen molar-refractivity contribution in [3.8, 4) is 11.5 Å². The maximum absolute atomic E-state index is 12.0. The largest absolute Gasteiger partial charge is 0.493 e. The van der Waals surface area contributed by atoms with Gasteiger partial charge in [0.1, 0.15) is 17.2 Å². The quantitative estimate of drug-likeness (QED) is 0.304. The van der Waals surface area contributed by atoms with Gasteiger partial charge in [0.2, 0.25) is 11.6 Å². The van der Waals surface area contributed by atoms with Crippen LogP contribution in [0.25, 0.3) is 0 Å². The molecule has 0 aromatic heterocycles. The number of azo groups is 1. The van der Waals surface area contributed by atoms with Crippen molar-refractivity contribution >= 4 is 34.8 Å². The van der Waals surface area contributed by atoms with Crippen LogP contribution in [0.1, 0.15) is 26.3 Å². The Morgan fingerprint density at radius 3 is 2.25 bits per heavy atom. The Balaban J connectivity index is 1.96. The second-order valence-electron chi connectivity index (χ2n) is 6.81. The van der Waals surface area contributed by atoms with Gasteiger partial charge in [-0.1, -0.05) is 30.8 Å². The minimum absolute atomic E-state index is 0.309. The molecule has 166 valence electrons. The molecule has 0 aliphatic heterocycles. The fraction of sp³-hybridized carbons (Fsp3) is 0.292. The van der Waals surface area contributed by atoms with Crippen LogP contribution in [-0.2, 0) is 20.8 Å². The highest BCUT2D eigenvalue weighted by atomic mass is 32.2. The lowest BCUT2D eigenvalue weighted by atomic mass is 9.99. The number of ketones is 3. The minimum atomic E-state index is -1.47. The van der Waals surface area contributed by atoms with E-state index in [0.717, 1.165) is 28.4 Å². The molecule has 0 heterocycles. The van der Waals surface area contributed by atoms with Crippen LogP contribution in [0.2, 0.25) is 0 Å². The monoisotopic (exact) mass is 452 g/mol. The zero-order valence-corrected chi connectivity index (χ0v) is 19.0. The molecule has 1 atom stereocenters. The molecule has 1 aliphatic rings. The molecule has 0 saturated heterocycles. The van der Waals surface area contributed by atoms with Gasteiger partial charge in [-0.25, -0.2) is 0 Å². The number of hydrogen-bond acceptors (Lipinski definition) is 8. The predicted octanol–water partition coefficient (Wildman–Crippen LogP) is 4.93. The normalized spacial score (nSPS) is 16.1. The van der Waals surface area contributed by atoms with Gasteiger partial charge < -0.3 is 9.47 Å². The summed E-state index contributed by atoms with van der Waals surface area (Å²) in [5, 5.41) is 7.93. The first kappa shape index (κ1) is 23.4. The second kappa shape index (κ2) is 10.9. The molecule has 2 aromatic rings. The van der Waals surface area contributed by atoms with Crippen LogP contribution >= 0.6 is 11.8 Å². The maximum atomic E-state index is 12.0. The first-order chi connectivity index (χ1) is 15.5. The van der Waals surface area contributed by atoms with E-state index >= 15 is 0 Å². The van der Waals surface area contributed by atoms with Crippen molar-refractivity contribution in [2.45, 2.75) is 43.0 Å². The maximum Gasteiger partial charge on any atom is 0.236 e. The SMILES string of the molecule is CCOc1cc(Sc2ccc(CC)cc2)c(OCC)cc1N=NC1C(=O)C=CC(=O)C1=O. The number of ether oxygens (including phenoxy) is 2. The lowest BCUT2D eigenvalue weighted by molar-refractivity contribution is -0.137. The van der Waals surface area contributed by atoms with Crippen LogP contribution in [0, 0.1) is 0 Å². The number of allylic oxidation sites excluding steroid dienone is 1. The highest BCUT2D eigenvalue weighted by Gasteiger charge is 2.32. The van der Waals surface area contributed by atoms with Gasteiger partial charge in [0.15, 0.2) is 11.8 Å². The zero-order valence-electron chi connectivity index (χ0n) is 18.2. The number of aryl methyl sites for hydroxylation is 1. The average molecular weight is 453 g/mol. The van der Waals surface area contributed by atoms with Crippen LogP contribution in [0.5, 0.6) is 11.5 Å². The molecule has 1 unspecified atom stereocenters. The minimum Gasteiger partial charge on any atom is -0.493 e. The topological polar surface area (TPSA) is 94.4 Å². The van der Waals surface area contributed by atoms with E-state index < -0.39 is 23.4 Å². The van der Waals surface area contributed by atoms with E-state index in [4.69, 9.17) is 9.47 Å². The molecule has 32 heavy (non-hydrogen) atoms. The van der Waals surface area contributed by atoms with Gasteiger partial charge in [-0.15, -0.1) is 0 Å². The molecule has 0 spiro atoms. The highest BCUT2D eigenvalue weighted by molar-refractivity contribution is 7.99. The molecular formula is C24H24N2O5S. The number of carbonyl (C=O) groups is 3. The predicted molar refractivity (Wildman–Crippen MR) is 121 cm³/mol. The number of nitrogens with zero attached hydrogens (tertiary/aromatic N) is 2. The summed E-state index contributed by atoms with van der Waals surface area (Å²) in [5.74, 6) is -1.23. The van der Waals surface area contributed by atoms with E-state index in [9.17, 15) is 14.4 Å².